The number of aromatic nitrogens is 2. The van der Waals surface area contributed by atoms with E-state index < -0.39 is 7.14 Å². The number of piperazine rings is 1. The number of carbonyl (C=O) groups is 1. The molecule has 10 nitrogen and oxygen atoms in total. The van der Waals surface area contributed by atoms with Crippen molar-refractivity contribution < 1.29 is 9.36 Å². The number of unbranched alkanes of at least 4 members (excludes halogenated alkanes) is 1. The maximum absolute atomic E-state index is 12.9. The Hall–Kier alpha value is -3.61. The summed E-state index contributed by atoms with van der Waals surface area (Å²) in [6, 6.07) is 13.9. The number of hydrogen-bond acceptors (Lipinski definition) is 9. The number of halogens is 1. The largest absolute Gasteiger partial charge is 0.370 e. The second-order valence-corrected chi connectivity index (χ2v) is 15.3. The van der Waals surface area contributed by atoms with Gasteiger partial charge in [-0.2, -0.15) is 4.98 Å². The van der Waals surface area contributed by atoms with Crippen molar-refractivity contribution in [1.29, 1.82) is 0 Å². The highest BCUT2D eigenvalue weighted by Gasteiger charge is 2.27. The number of rotatable bonds is 9. The Morgan fingerprint density at radius 3 is 2.56 bits per heavy atom. The van der Waals surface area contributed by atoms with Crippen LogP contribution in [0.1, 0.15) is 32.6 Å². The quantitative estimate of drug-likeness (QED) is 0.177. The van der Waals surface area contributed by atoms with E-state index >= 15 is 0 Å². The monoisotopic (exact) mass is 648 g/mol. The molecular formula is C33H42ClN8O2P. The maximum Gasteiger partial charge on any atom is 0.300 e. The first-order valence-electron chi connectivity index (χ1n) is 15.6. The predicted octanol–water partition coefficient (Wildman–Crippen LogP) is 5.48. The molecule has 238 valence electrons. The zero-order valence-corrected chi connectivity index (χ0v) is 27.8. The third-order valence-electron chi connectivity index (χ3n) is 8.03. The van der Waals surface area contributed by atoms with E-state index in [4.69, 9.17) is 11.6 Å². The number of para-hydroxylation sites is 1. The van der Waals surface area contributed by atoms with Gasteiger partial charge >= 0.3 is 0 Å². The van der Waals surface area contributed by atoms with Gasteiger partial charge in [-0.3, -0.25) is 9.69 Å². The van der Waals surface area contributed by atoms with Crippen LogP contribution in [0.15, 0.2) is 48.7 Å². The summed E-state index contributed by atoms with van der Waals surface area (Å²) in [5, 5.41) is 14.0. The van der Waals surface area contributed by atoms with Gasteiger partial charge in [0.2, 0.25) is 5.95 Å². The van der Waals surface area contributed by atoms with Gasteiger partial charge in [0, 0.05) is 62.7 Å². The fraction of sp³-hybridized carbons (Fsp3) is 0.424. The summed E-state index contributed by atoms with van der Waals surface area (Å²) in [6.45, 7) is 11.6. The topological polar surface area (TPSA) is 115 Å². The Kier molecular flexibility index (Phi) is 11.0. The number of carbonyl (C=O) groups excluding carboxylic acids is 1. The summed E-state index contributed by atoms with van der Waals surface area (Å²) >= 11 is 6.46. The fourth-order valence-electron chi connectivity index (χ4n) is 5.75. The highest BCUT2D eigenvalue weighted by atomic mass is 35.5. The van der Waals surface area contributed by atoms with E-state index in [1.165, 1.54) is 6.20 Å². The molecule has 2 fully saturated rings. The Morgan fingerprint density at radius 1 is 1.07 bits per heavy atom. The molecule has 2 aromatic carbocycles. The number of nitrogens with one attached hydrogen (secondary N) is 4. The molecule has 0 unspecified atom stereocenters. The summed E-state index contributed by atoms with van der Waals surface area (Å²) < 4.78 is 12.9. The molecule has 5 rings (SSSR count). The van der Waals surface area contributed by atoms with Crippen molar-refractivity contribution in [3.63, 3.8) is 0 Å². The number of nitrogens with zero attached hydrogens (tertiary/aromatic N) is 4. The minimum absolute atomic E-state index is 0.320. The lowest BCUT2D eigenvalue weighted by molar-refractivity contribution is -0.111. The van der Waals surface area contributed by atoms with E-state index in [2.05, 4.69) is 52.9 Å². The molecule has 0 spiro atoms. The molecule has 2 saturated heterocycles. The molecule has 1 amide bonds. The summed E-state index contributed by atoms with van der Waals surface area (Å²) in [5.41, 5.74) is 3.02. The second kappa shape index (κ2) is 15.1. The Labute approximate surface area is 271 Å². The van der Waals surface area contributed by atoms with Crippen LogP contribution in [-0.2, 0) is 9.36 Å². The molecular weight excluding hydrogens is 607 g/mol. The molecule has 3 heterocycles. The SMILES string of the molecule is CCCC#CC(=O)Nc1cc(Nc2ncc(Cl)c(Nc3ccccc3P(C)(C)=O)n2)ccc1N1CCC(N2CCNCC2)CC1. The van der Waals surface area contributed by atoms with E-state index in [-0.39, 0.29) is 5.91 Å². The van der Waals surface area contributed by atoms with E-state index in [0.717, 1.165) is 64.2 Å². The van der Waals surface area contributed by atoms with Crippen molar-refractivity contribution in [2.45, 2.75) is 38.6 Å². The Bertz CT molecular complexity index is 1600. The highest BCUT2D eigenvalue weighted by molar-refractivity contribution is 7.70. The Morgan fingerprint density at radius 2 is 1.82 bits per heavy atom. The lowest BCUT2D eigenvalue weighted by Gasteiger charge is -2.41. The van der Waals surface area contributed by atoms with Crippen LogP contribution in [0.3, 0.4) is 0 Å². The van der Waals surface area contributed by atoms with Gasteiger partial charge in [0.15, 0.2) is 5.82 Å². The second-order valence-electron chi connectivity index (χ2n) is 11.8. The summed E-state index contributed by atoms with van der Waals surface area (Å²) in [7, 11) is -2.55. The van der Waals surface area contributed by atoms with Gasteiger partial charge in [0.1, 0.15) is 12.2 Å². The average Bonchev–Trinajstić information content (AvgIpc) is 3.03. The van der Waals surface area contributed by atoms with Crippen LogP contribution in [0, 0.1) is 11.8 Å². The predicted molar refractivity (Wildman–Crippen MR) is 187 cm³/mol. The molecule has 0 radical (unpaired) electrons. The van der Waals surface area contributed by atoms with Crippen LogP contribution in [0.2, 0.25) is 5.02 Å². The smallest absolute Gasteiger partial charge is 0.300 e. The third-order valence-corrected chi connectivity index (χ3v) is 9.86. The molecule has 2 aliphatic heterocycles. The van der Waals surface area contributed by atoms with Crippen LogP contribution in [0.4, 0.5) is 34.5 Å². The Balaban J connectivity index is 1.36. The van der Waals surface area contributed by atoms with Crippen LogP contribution in [0.25, 0.3) is 0 Å². The first-order valence-corrected chi connectivity index (χ1v) is 18.5. The molecule has 45 heavy (non-hydrogen) atoms. The standard InChI is InChI=1S/C33H42ClN8O2P/c1-4-5-6-11-31(43)38-28-22-24(12-13-29(28)42-18-14-25(15-19-42)41-20-16-35-17-21-41)37-33-36-23-26(34)32(40-33)39-27-9-7-8-10-30(27)45(2,3)44/h7-10,12-13,22-23,25,35H,4-5,14-21H2,1-3H3,(H,38,43)(H2,36,37,39,40). The normalized spacial score (nSPS) is 16.0. The van der Waals surface area contributed by atoms with Gasteiger partial charge in [0.25, 0.3) is 5.91 Å². The number of amides is 1. The number of anilines is 6. The van der Waals surface area contributed by atoms with Crippen LogP contribution in [-0.4, -0.2) is 79.4 Å². The van der Waals surface area contributed by atoms with Crippen LogP contribution >= 0.6 is 18.7 Å². The summed E-state index contributed by atoms with van der Waals surface area (Å²) in [5.74, 6) is 6.02. The zero-order valence-electron chi connectivity index (χ0n) is 26.2. The van der Waals surface area contributed by atoms with Crippen molar-refractivity contribution in [3.8, 4) is 11.8 Å². The van der Waals surface area contributed by atoms with Crippen molar-refractivity contribution in [2.24, 2.45) is 0 Å². The molecule has 4 N–H and O–H groups in total. The van der Waals surface area contributed by atoms with Gasteiger partial charge < -0.3 is 30.7 Å². The number of benzene rings is 2. The number of hydrogen-bond donors (Lipinski definition) is 4. The highest BCUT2D eigenvalue weighted by Crippen LogP contribution is 2.39. The van der Waals surface area contributed by atoms with Crippen molar-refractivity contribution >= 4 is 64.5 Å². The first kappa shape index (κ1) is 32.8. The fourth-order valence-corrected chi connectivity index (χ4v) is 7.04. The summed E-state index contributed by atoms with van der Waals surface area (Å²) in [4.78, 5) is 26.7. The van der Waals surface area contributed by atoms with E-state index in [1.54, 1.807) is 13.3 Å². The zero-order chi connectivity index (χ0) is 31.8. The van der Waals surface area contributed by atoms with Gasteiger partial charge in [-0.25, -0.2) is 4.98 Å². The third kappa shape index (κ3) is 8.77. The minimum atomic E-state index is -2.55. The molecule has 12 heteroatoms. The van der Waals surface area contributed by atoms with Gasteiger partial charge in [-0.1, -0.05) is 36.6 Å². The van der Waals surface area contributed by atoms with E-state index in [0.29, 0.717) is 51.6 Å². The molecule has 2 aliphatic rings. The molecule has 1 aromatic heterocycles. The molecule has 0 saturated carbocycles. The minimum Gasteiger partial charge on any atom is -0.370 e. The average molecular weight is 649 g/mol. The van der Waals surface area contributed by atoms with Gasteiger partial charge in [-0.15, -0.1) is 0 Å². The van der Waals surface area contributed by atoms with Crippen molar-refractivity contribution in [1.82, 2.24) is 20.2 Å². The van der Waals surface area contributed by atoms with Crippen LogP contribution < -0.4 is 31.5 Å². The number of piperidine rings is 1. The summed E-state index contributed by atoms with van der Waals surface area (Å²) in [6.07, 6.45) is 5.23. The molecule has 0 atom stereocenters. The van der Waals surface area contributed by atoms with E-state index in [9.17, 15) is 9.36 Å². The van der Waals surface area contributed by atoms with Crippen LogP contribution in [0.5, 0.6) is 0 Å². The lowest BCUT2D eigenvalue weighted by atomic mass is 10.0. The first-order chi connectivity index (χ1) is 21.7. The van der Waals surface area contributed by atoms with Crippen molar-refractivity contribution in [2.75, 3.05) is 73.4 Å². The van der Waals surface area contributed by atoms with Gasteiger partial charge in [-0.05, 0) is 68.8 Å². The van der Waals surface area contributed by atoms with Crippen molar-refractivity contribution in [3.05, 3.63) is 53.7 Å². The molecule has 0 bridgehead atoms. The maximum atomic E-state index is 12.9. The molecule has 3 aromatic rings. The molecule has 0 aliphatic carbocycles. The van der Waals surface area contributed by atoms with E-state index in [1.807, 2.05) is 49.4 Å². The lowest BCUT2D eigenvalue weighted by Crippen LogP contribution is -2.52. The van der Waals surface area contributed by atoms with Gasteiger partial charge in [0.05, 0.1) is 23.3 Å².